The molecule has 0 aliphatic carbocycles. The minimum atomic E-state index is -3.46. The average Bonchev–Trinajstić information content (AvgIpc) is 2.37. The second-order valence-electron chi connectivity index (χ2n) is 4.30. The largest absolute Gasteiger partial charge is 0.398 e. The Hall–Kier alpha value is -0.760. The van der Waals surface area contributed by atoms with Gasteiger partial charge in [0.1, 0.15) is 0 Å². The number of anilines is 1. The van der Waals surface area contributed by atoms with Crippen molar-refractivity contribution in [3.8, 4) is 0 Å². The van der Waals surface area contributed by atoms with Crippen LogP contribution in [-0.2, 0) is 10.0 Å². The topological polar surface area (TPSA) is 92.4 Å². The average molecular weight is 304 g/mol. The number of hydrogen-bond acceptors (Lipinski definition) is 5. The minimum absolute atomic E-state index is 0.0995. The van der Waals surface area contributed by atoms with Crippen molar-refractivity contribution in [2.24, 2.45) is 5.92 Å². The van der Waals surface area contributed by atoms with Gasteiger partial charge < -0.3 is 10.8 Å². The monoisotopic (exact) mass is 304 g/mol. The van der Waals surface area contributed by atoms with Gasteiger partial charge >= 0.3 is 0 Å². The molecular formula is C12H20N2O3S2. The SMILES string of the molecule is CCNS(=O)(=O)c1ccc(N)c(SCC(C)CO)c1. The highest BCUT2D eigenvalue weighted by molar-refractivity contribution is 7.99. The number of nitrogens with one attached hydrogen (secondary N) is 1. The maximum Gasteiger partial charge on any atom is 0.240 e. The summed E-state index contributed by atoms with van der Waals surface area (Å²) in [5.41, 5.74) is 6.38. The molecule has 0 bridgehead atoms. The standard InChI is InChI=1S/C12H20N2O3S2/c1-3-14-19(16,17)10-4-5-11(13)12(6-10)18-8-9(2)7-15/h4-6,9,14-15H,3,7-8,13H2,1-2H3. The summed E-state index contributed by atoms with van der Waals surface area (Å²) in [5, 5.41) is 8.99. The van der Waals surface area contributed by atoms with Crippen LogP contribution in [0.25, 0.3) is 0 Å². The lowest BCUT2D eigenvalue weighted by molar-refractivity contribution is 0.250. The molecule has 0 aliphatic rings. The first-order chi connectivity index (χ1) is 8.90. The number of benzene rings is 1. The van der Waals surface area contributed by atoms with Crippen LogP contribution in [0.4, 0.5) is 5.69 Å². The number of nitrogens with two attached hydrogens (primary N) is 1. The molecule has 4 N–H and O–H groups in total. The van der Waals surface area contributed by atoms with Crippen LogP contribution >= 0.6 is 11.8 Å². The fourth-order valence-electron chi connectivity index (χ4n) is 1.36. The van der Waals surface area contributed by atoms with Gasteiger partial charge in [-0.3, -0.25) is 0 Å². The van der Waals surface area contributed by atoms with Gasteiger partial charge in [0.25, 0.3) is 0 Å². The number of nitrogen functional groups attached to an aromatic ring is 1. The van der Waals surface area contributed by atoms with Crippen LogP contribution in [-0.4, -0.2) is 32.4 Å². The van der Waals surface area contributed by atoms with Crippen LogP contribution in [0.5, 0.6) is 0 Å². The molecule has 1 aromatic rings. The van der Waals surface area contributed by atoms with E-state index >= 15 is 0 Å². The predicted octanol–water partition coefficient (Wildman–Crippen LogP) is 1.29. The van der Waals surface area contributed by atoms with Crippen molar-refractivity contribution in [1.29, 1.82) is 0 Å². The predicted molar refractivity (Wildman–Crippen MR) is 78.7 cm³/mol. The molecule has 0 fully saturated rings. The fraction of sp³-hybridized carbons (Fsp3) is 0.500. The Kier molecular flexibility index (Phi) is 6.12. The maximum atomic E-state index is 11.9. The molecule has 0 saturated carbocycles. The van der Waals surface area contributed by atoms with E-state index in [1.54, 1.807) is 19.1 Å². The number of hydrogen-bond donors (Lipinski definition) is 3. The van der Waals surface area contributed by atoms with Gasteiger partial charge in [0.2, 0.25) is 10.0 Å². The van der Waals surface area contributed by atoms with Gasteiger partial charge in [0.15, 0.2) is 0 Å². The molecule has 1 aromatic carbocycles. The number of rotatable bonds is 7. The zero-order chi connectivity index (χ0) is 14.5. The summed E-state index contributed by atoms with van der Waals surface area (Å²) in [5.74, 6) is 0.823. The molecule has 0 radical (unpaired) electrons. The first-order valence-electron chi connectivity index (χ1n) is 6.03. The summed E-state index contributed by atoms with van der Waals surface area (Å²) < 4.78 is 26.2. The van der Waals surface area contributed by atoms with E-state index < -0.39 is 10.0 Å². The lowest BCUT2D eigenvalue weighted by Crippen LogP contribution is -2.23. The number of aliphatic hydroxyl groups excluding tert-OH is 1. The Morgan fingerprint density at radius 1 is 1.47 bits per heavy atom. The molecule has 0 saturated heterocycles. The van der Waals surface area contributed by atoms with Crippen molar-refractivity contribution in [3.63, 3.8) is 0 Å². The molecule has 0 amide bonds. The Morgan fingerprint density at radius 2 is 2.16 bits per heavy atom. The fourth-order valence-corrected chi connectivity index (χ4v) is 3.52. The summed E-state index contributed by atoms with van der Waals surface area (Å²) in [4.78, 5) is 0.932. The van der Waals surface area contributed by atoms with Gasteiger partial charge in [0.05, 0.1) is 4.90 Å². The highest BCUT2D eigenvalue weighted by Crippen LogP contribution is 2.29. The number of thioether (sulfide) groups is 1. The van der Waals surface area contributed by atoms with E-state index in [4.69, 9.17) is 10.8 Å². The summed E-state index contributed by atoms with van der Waals surface area (Å²) in [7, 11) is -3.46. The normalized spacial score (nSPS) is 13.4. The van der Waals surface area contributed by atoms with Crippen molar-refractivity contribution < 1.29 is 13.5 Å². The van der Waals surface area contributed by atoms with Crippen LogP contribution in [0.15, 0.2) is 28.0 Å². The third-order valence-corrected chi connectivity index (χ3v) is 5.41. The molecule has 1 rings (SSSR count). The molecular weight excluding hydrogens is 284 g/mol. The molecule has 0 heterocycles. The van der Waals surface area contributed by atoms with Gasteiger partial charge in [-0.25, -0.2) is 13.1 Å². The zero-order valence-electron chi connectivity index (χ0n) is 11.1. The summed E-state index contributed by atoms with van der Waals surface area (Å²) >= 11 is 1.45. The molecule has 19 heavy (non-hydrogen) atoms. The molecule has 7 heteroatoms. The van der Waals surface area contributed by atoms with Gasteiger partial charge in [0, 0.05) is 29.5 Å². The maximum absolute atomic E-state index is 11.9. The van der Waals surface area contributed by atoms with Gasteiger partial charge in [-0.15, -0.1) is 11.8 Å². The third kappa shape index (κ3) is 4.68. The lowest BCUT2D eigenvalue weighted by atomic mass is 10.2. The van der Waals surface area contributed by atoms with Crippen molar-refractivity contribution in [3.05, 3.63) is 18.2 Å². The Balaban J connectivity index is 2.94. The minimum Gasteiger partial charge on any atom is -0.398 e. The molecule has 1 atom stereocenters. The Labute approximate surface area is 118 Å². The van der Waals surface area contributed by atoms with Crippen molar-refractivity contribution in [1.82, 2.24) is 4.72 Å². The Bertz CT molecular complexity index is 518. The quantitative estimate of drug-likeness (QED) is 0.521. The van der Waals surface area contributed by atoms with E-state index in [2.05, 4.69) is 4.72 Å². The van der Waals surface area contributed by atoms with Gasteiger partial charge in [-0.1, -0.05) is 13.8 Å². The summed E-state index contributed by atoms with van der Waals surface area (Å²) in [6.45, 7) is 4.09. The van der Waals surface area contributed by atoms with Crippen molar-refractivity contribution >= 4 is 27.5 Å². The molecule has 0 aromatic heterocycles. The number of aliphatic hydroxyl groups is 1. The smallest absolute Gasteiger partial charge is 0.240 e. The van der Waals surface area contributed by atoms with E-state index in [-0.39, 0.29) is 17.4 Å². The molecule has 1 unspecified atom stereocenters. The van der Waals surface area contributed by atoms with E-state index in [0.717, 1.165) is 4.90 Å². The highest BCUT2D eigenvalue weighted by Gasteiger charge is 2.15. The van der Waals surface area contributed by atoms with Crippen LogP contribution < -0.4 is 10.5 Å². The lowest BCUT2D eigenvalue weighted by Gasteiger charge is -2.11. The Morgan fingerprint density at radius 3 is 2.74 bits per heavy atom. The van der Waals surface area contributed by atoms with E-state index in [0.29, 0.717) is 18.0 Å². The molecule has 0 spiro atoms. The van der Waals surface area contributed by atoms with Gasteiger partial charge in [-0.05, 0) is 24.1 Å². The van der Waals surface area contributed by atoms with Crippen LogP contribution in [0.1, 0.15) is 13.8 Å². The summed E-state index contributed by atoms with van der Waals surface area (Å²) in [6, 6.07) is 4.66. The first kappa shape index (κ1) is 16.3. The van der Waals surface area contributed by atoms with Crippen LogP contribution in [0.2, 0.25) is 0 Å². The molecule has 5 nitrogen and oxygen atoms in total. The summed E-state index contributed by atoms with van der Waals surface area (Å²) in [6.07, 6.45) is 0. The van der Waals surface area contributed by atoms with Gasteiger partial charge in [-0.2, -0.15) is 0 Å². The molecule has 108 valence electrons. The van der Waals surface area contributed by atoms with Crippen molar-refractivity contribution in [2.45, 2.75) is 23.6 Å². The number of sulfonamides is 1. The third-order valence-electron chi connectivity index (χ3n) is 2.46. The zero-order valence-corrected chi connectivity index (χ0v) is 12.7. The molecule has 0 aliphatic heterocycles. The van der Waals surface area contributed by atoms with Crippen LogP contribution in [0, 0.1) is 5.92 Å². The van der Waals surface area contributed by atoms with Crippen molar-refractivity contribution in [2.75, 3.05) is 24.6 Å². The van der Waals surface area contributed by atoms with E-state index in [9.17, 15) is 8.42 Å². The second-order valence-corrected chi connectivity index (χ2v) is 7.13. The van der Waals surface area contributed by atoms with E-state index in [1.807, 2.05) is 6.92 Å². The highest BCUT2D eigenvalue weighted by atomic mass is 32.2. The second kappa shape index (κ2) is 7.14. The first-order valence-corrected chi connectivity index (χ1v) is 8.50. The van der Waals surface area contributed by atoms with E-state index in [1.165, 1.54) is 17.8 Å². The van der Waals surface area contributed by atoms with Crippen LogP contribution in [0.3, 0.4) is 0 Å².